The van der Waals surface area contributed by atoms with Crippen LogP contribution in [0.2, 0.25) is 0 Å². The molecule has 1 aliphatic heterocycles. The Kier molecular flexibility index (Phi) is 3.37. The highest BCUT2D eigenvalue weighted by Crippen LogP contribution is 2.35. The lowest BCUT2D eigenvalue weighted by Crippen LogP contribution is -2.22. The van der Waals surface area contributed by atoms with Gasteiger partial charge in [-0.05, 0) is 29.8 Å². The summed E-state index contributed by atoms with van der Waals surface area (Å²) in [6.45, 7) is 0. The fourth-order valence-electron chi connectivity index (χ4n) is 2.78. The molecular formula is C19H16N4. The number of fused-ring (bicyclic) bond motifs is 2. The molecular weight excluding hydrogens is 284 g/mol. The Hall–Kier alpha value is -2.98. The summed E-state index contributed by atoms with van der Waals surface area (Å²) in [5.41, 5.74) is 12.2. The fraction of sp³-hybridized carbons (Fsp3) is 0.0526. The molecule has 112 valence electrons. The number of nitrogens with two attached hydrogens (primary N) is 1. The molecule has 1 atom stereocenters. The van der Waals surface area contributed by atoms with E-state index < -0.39 is 0 Å². The molecule has 0 bridgehead atoms. The van der Waals surface area contributed by atoms with Gasteiger partial charge in [0.15, 0.2) is 0 Å². The van der Waals surface area contributed by atoms with Gasteiger partial charge in [-0.15, -0.1) is 0 Å². The molecule has 0 fully saturated rings. The largest absolute Gasteiger partial charge is 0.353 e. The van der Waals surface area contributed by atoms with E-state index in [1.165, 1.54) is 0 Å². The number of rotatable bonds is 2. The van der Waals surface area contributed by atoms with Crippen LogP contribution < -0.4 is 11.1 Å². The topological polar surface area (TPSA) is 63.3 Å². The van der Waals surface area contributed by atoms with E-state index in [-0.39, 0.29) is 6.04 Å². The average Bonchev–Trinajstić information content (AvgIpc) is 2.78. The first kappa shape index (κ1) is 13.7. The molecule has 0 saturated heterocycles. The molecule has 1 unspecified atom stereocenters. The van der Waals surface area contributed by atoms with Crippen molar-refractivity contribution in [1.82, 2.24) is 4.98 Å². The molecule has 0 radical (unpaired) electrons. The minimum Gasteiger partial charge on any atom is -0.353 e. The molecule has 4 nitrogen and oxygen atoms in total. The summed E-state index contributed by atoms with van der Waals surface area (Å²) in [6.07, 6.45) is 3.54. The van der Waals surface area contributed by atoms with E-state index in [0.717, 1.165) is 33.9 Å². The number of aromatic nitrogens is 1. The van der Waals surface area contributed by atoms with Crippen LogP contribution in [0.15, 0.2) is 78.0 Å². The number of aliphatic imine (C=N–C) groups is 1. The Labute approximate surface area is 134 Å². The van der Waals surface area contributed by atoms with Crippen LogP contribution in [0, 0.1) is 0 Å². The summed E-state index contributed by atoms with van der Waals surface area (Å²) in [7, 11) is 0. The van der Waals surface area contributed by atoms with Gasteiger partial charge in [-0.25, -0.2) is 4.99 Å². The Morgan fingerprint density at radius 2 is 1.65 bits per heavy atom. The zero-order valence-electron chi connectivity index (χ0n) is 12.5. The second-order valence-corrected chi connectivity index (χ2v) is 5.45. The molecule has 3 aromatic rings. The lowest BCUT2D eigenvalue weighted by atomic mass is 9.97. The third kappa shape index (κ3) is 2.49. The van der Waals surface area contributed by atoms with Crippen LogP contribution in [0.5, 0.6) is 0 Å². The van der Waals surface area contributed by atoms with Crippen LogP contribution in [0.3, 0.4) is 0 Å². The predicted molar refractivity (Wildman–Crippen MR) is 93.5 cm³/mol. The highest BCUT2D eigenvalue weighted by atomic mass is 15.0. The van der Waals surface area contributed by atoms with E-state index in [1.807, 2.05) is 60.7 Å². The molecule has 0 aliphatic carbocycles. The van der Waals surface area contributed by atoms with Crippen LogP contribution in [-0.4, -0.2) is 10.7 Å². The van der Waals surface area contributed by atoms with Crippen molar-refractivity contribution in [2.45, 2.75) is 6.04 Å². The molecule has 0 saturated carbocycles. The van der Waals surface area contributed by atoms with Crippen LogP contribution >= 0.6 is 0 Å². The zero-order valence-corrected chi connectivity index (χ0v) is 12.5. The van der Waals surface area contributed by atoms with Gasteiger partial charge >= 0.3 is 0 Å². The van der Waals surface area contributed by atoms with E-state index in [9.17, 15) is 0 Å². The monoisotopic (exact) mass is 300 g/mol. The van der Waals surface area contributed by atoms with Gasteiger partial charge in [-0.3, -0.25) is 4.98 Å². The number of hydrogen-bond acceptors (Lipinski definition) is 4. The fourth-order valence-corrected chi connectivity index (χ4v) is 2.78. The van der Waals surface area contributed by atoms with Crippen molar-refractivity contribution >= 4 is 22.8 Å². The number of para-hydroxylation sites is 3. The van der Waals surface area contributed by atoms with Crippen molar-refractivity contribution in [2.24, 2.45) is 10.7 Å². The average molecular weight is 300 g/mol. The number of benzene rings is 2. The minimum absolute atomic E-state index is 0.335. The van der Waals surface area contributed by atoms with Gasteiger partial charge in [0.2, 0.25) is 0 Å². The second-order valence-electron chi connectivity index (χ2n) is 5.45. The molecule has 4 rings (SSSR count). The second kappa shape index (κ2) is 5.66. The van der Waals surface area contributed by atoms with Gasteiger partial charge in [0, 0.05) is 23.6 Å². The maximum atomic E-state index is 6.51. The van der Waals surface area contributed by atoms with Gasteiger partial charge in [0.25, 0.3) is 0 Å². The number of hydrogen-bond donors (Lipinski definition) is 2. The summed E-state index contributed by atoms with van der Waals surface area (Å²) in [5, 5.41) is 3.45. The lowest BCUT2D eigenvalue weighted by molar-refractivity contribution is 0.948. The van der Waals surface area contributed by atoms with Crippen molar-refractivity contribution in [3.8, 4) is 0 Å². The molecule has 1 aromatic heterocycles. The highest BCUT2D eigenvalue weighted by molar-refractivity contribution is 6.12. The molecule has 2 heterocycles. The maximum Gasteiger partial charge on any atom is 0.0868 e. The number of anilines is 2. The molecule has 2 aromatic carbocycles. The quantitative estimate of drug-likeness (QED) is 0.753. The van der Waals surface area contributed by atoms with Crippen LogP contribution in [0.25, 0.3) is 0 Å². The Morgan fingerprint density at radius 1 is 0.870 bits per heavy atom. The van der Waals surface area contributed by atoms with Crippen molar-refractivity contribution in [2.75, 3.05) is 5.32 Å². The molecule has 3 N–H and O–H groups in total. The first-order valence-corrected chi connectivity index (χ1v) is 7.52. The van der Waals surface area contributed by atoms with E-state index in [4.69, 9.17) is 10.7 Å². The van der Waals surface area contributed by atoms with Crippen molar-refractivity contribution in [1.29, 1.82) is 0 Å². The van der Waals surface area contributed by atoms with Crippen molar-refractivity contribution < 1.29 is 0 Å². The van der Waals surface area contributed by atoms with Crippen LogP contribution in [-0.2, 0) is 0 Å². The van der Waals surface area contributed by atoms with Gasteiger partial charge in [-0.1, -0.05) is 36.4 Å². The van der Waals surface area contributed by atoms with Crippen molar-refractivity contribution in [3.05, 3.63) is 84.2 Å². The van der Waals surface area contributed by atoms with E-state index in [0.29, 0.717) is 0 Å². The van der Waals surface area contributed by atoms with Crippen LogP contribution in [0.4, 0.5) is 17.1 Å². The molecule has 23 heavy (non-hydrogen) atoms. The Bertz CT molecular complexity index is 871. The van der Waals surface area contributed by atoms with Crippen molar-refractivity contribution in [3.63, 3.8) is 0 Å². The van der Waals surface area contributed by atoms with Crippen LogP contribution in [0.1, 0.15) is 17.2 Å². The number of nitrogens with zero attached hydrogens (tertiary/aromatic N) is 2. The zero-order chi connectivity index (χ0) is 15.6. The Balaban J connectivity index is 1.91. The first-order valence-electron chi connectivity index (χ1n) is 7.52. The van der Waals surface area contributed by atoms with Gasteiger partial charge in [0.05, 0.1) is 23.1 Å². The number of nitrogens with one attached hydrogen (secondary N) is 1. The summed E-state index contributed by atoms with van der Waals surface area (Å²) < 4.78 is 0. The van der Waals surface area contributed by atoms with E-state index in [1.54, 1.807) is 12.4 Å². The summed E-state index contributed by atoms with van der Waals surface area (Å²) in [5.74, 6) is 0. The SMILES string of the molecule is NC(C1=Nc2ccccc2Nc2ccccc21)c1cccnc1. The Morgan fingerprint density at radius 3 is 2.48 bits per heavy atom. The highest BCUT2D eigenvalue weighted by Gasteiger charge is 2.22. The molecule has 4 heteroatoms. The summed E-state index contributed by atoms with van der Waals surface area (Å²) in [6, 6.07) is 19.6. The van der Waals surface area contributed by atoms with E-state index in [2.05, 4.69) is 10.3 Å². The predicted octanol–water partition coefficient (Wildman–Crippen LogP) is 3.96. The molecule has 0 amide bonds. The minimum atomic E-state index is -0.335. The van der Waals surface area contributed by atoms with Gasteiger partial charge in [0.1, 0.15) is 0 Å². The van der Waals surface area contributed by atoms with Gasteiger partial charge < -0.3 is 11.1 Å². The smallest absolute Gasteiger partial charge is 0.0868 e. The van der Waals surface area contributed by atoms with E-state index >= 15 is 0 Å². The maximum absolute atomic E-state index is 6.51. The third-order valence-corrected chi connectivity index (χ3v) is 3.96. The normalized spacial score (nSPS) is 13.9. The standard InChI is InChI=1S/C19H16N4/c20-18(13-6-5-11-21-12-13)19-14-7-1-2-8-15(14)22-16-9-3-4-10-17(16)23-19/h1-12,18,22H,20H2. The van der Waals surface area contributed by atoms with Gasteiger partial charge in [-0.2, -0.15) is 0 Å². The summed E-state index contributed by atoms with van der Waals surface area (Å²) >= 11 is 0. The first-order chi connectivity index (χ1) is 11.3. The summed E-state index contributed by atoms with van der Waals surface area (Å²) in [4.78, 5) is 9.03. The molecule has 1 aliphatic rings. The lowest BCUT2D eigenvalue weighted by Gasteiger charge is -2.16. The number of pyridine rings is 1. The molecule has 0 spiro atoms. The third-order valence-electron chi connectivity index (χ3n) is 3.96.